The highest BCUT2D eigenvalue weighted by Crippen LogP contribution is 2.22. The number of carbonyl (C=O) groups is 3. The molecule has 2 aromatic carbocycles. The van der Waals surface area contributed by atoms with E-state index in [1.807, 2.05) is 12.1 Å². The minimum atomic E-state index is -0.425. The molecule has 1 heterocycles. The van der Waals surface area contributed by atoms with E-state index in [1.165, 1.54) is 4.90 Å². The third-order valence-corrected chi connectivity index (χ3v) is 5.49. The number of carbonyl (C=O) groups excluding carboxylic acids is 3. The number of rotatable bonds is 14. The zero-order valence-electron chi connectivity index (χ0n) is 18.3. The summed E-state index contributed by atoms with van der Waals surface area (Å²) in [5.74, 6) is -0.779. The van der Waals surface area contributed by atoms with Crippen LogP contribution in [-0.4, -0.2) is 48.9 Å². The van der Waals surface area contributed by atoms with Crippen LogP contribution in [-0.2, 0) is 4.74 Å². The predicted octanol–water partition coefficient (Wildman–Crippen LogP) is 3.85. The van der Waals surface area contributed by atoms with Crippen molar-refractivity contribution in [2.75, 3.05) is 31.6 Å². The number of fused-ring (bicyclic) bond motifs is 1. The molecule has 0 saturated heterocycles. The molecule has 1 aliphatic heterocycles. The van der Waals surface area contributed by atoms with Gasteiger partial charge in [-0.15, -0.1) is 0 Å². The van der Waals surface area contributed by atoms with Crippen molar-refractivity contribution in [1.29, 1.82) is 0 Å². The molecule has 3 rings (SSSR count). The lowest BCUT2D eigenvalue weighted by Crippen LogP contribution is -2.30. The first-order valence-corrected chi connectivity index (χ1v) is 11.2. The molecule has 0 bridgehead atoms. The first-order chi connectivity index (χ1) is 15.6. The Kier molecular flexibility index (Phi) is 8.80. The van der Waals surface area contributed by atoms with Crippen LogP contribution in [0.15, 0.2) is 48.5 Å². The molecule has 7 nitrogen and oxygen atoms in total. The van der Waals surface area contributed by atoms with E-state index in [-0.39, 0.29) is 11.8 Å². The Hall–Kier alpha value is -3.19. The molecule has 0 aromatic heterocycles. The summed E-state index contributed by atoms with van der Waals surface area (Å²) in [6, 6.07) is 14.2. The average Bonchev–Trinajstić information content (AvgIpc) is 3.05. The van der Waals surface area contributed by atoms with Gasteiger partial charge >= 0.3 is 0 Å². The van der Waals surface area contributed by atoms with E-state index in [0.29, 0.717) is 23.2 Å². The molecular formula is C25H31N3O4. The van der Waals surface area contributed by atoms with E-state index in [9.17, 15) is 14.4 Å². The lowest BCUT2D eigenvalue weighted by molar-refractivity contribution is 0.0650. The minimum Gasteiger partial charge on any atom is -0.385 e. The highest BCUT2D eigenvalue weighted by molar-refractivity contribution is 6.21. The van der Waals surface area contributed by atoms with Crippen LogP contribution in [0, 0.1) is 0 Å². The molecule has 0 atom stereocenters. The Morgan fingerprint density at radius 2 is 1.50 bits per heavy atom. The van der Waals surface area contributed by atoms with Crippen molar-refractivity contribution >= 4 is 23.4 Å². The zero-order chi connectivity index (χ0) is 22.8. The summed E-state index contributed by atoms with van der Waals surface area (Å²) in [5.41, 5.74) is 7.71. The number of nitrogens with two attached hydrogens (primary N) is 1. The van der Waals surface area contributed by atoms with E-state index in [0.717, 1.165) is 64.0 Å². The molecule has 2 aromatic rings. The van der Waals surface area contributed by atoms with Crippen molar-refractivity contribution in [2.45, 2.75) is 38.5 Å². The molecule has 0 aliphatic carbocycles. The molecule has 0 fully saturated rings. The molecule has 0 spiro atoms. The third-order valence-electron chi connectivity index (χ3n) is 5.49. The number of benzene rings is 2. The molecule has 0 saturated carbocycles. The summed E-state index contributed by atoms with van der Waals surface area (Å²) >= 11 is 0. The number of nitrogens with zero attached hydrogens (tertiary/aromatic N) is 1. The minimum absolute atomic E-state index is 0.177. The number of amides is 3. The lowest BCUT2D eigenvalue weighted by atomic mass is 10.1. The third kappa shape index (κ3) is 6.40. The van der Waals surface area contributed by atoms with Gasteiger partial charge in [-0.2, -0.15) is 0 Å². The number of anilines is 1. The van der Waals surface area contributed by atoms with Crippen LogP contribution in [0.3, 0.4) is 0 Å². The quantitative estimate of drug-likeness (QED) is 0.345. The fourth-order valence-corrected chi connectivity index (χ4v) is 3.72. The van der Waals surface area contributed by atoms with Gasteiger partial charge in [-0.1, -0.05) is 31.0 Å². The molecule has 0 radical (unpaired) electrons. The Balaban J connectivity index is 1.16. The topological polar surface area (TPSA) is 102 Å². The SMILES string of the molecule is NC(=O)c1cccc(NCCCCOCCCCCCN2C(=O)c3ccccc3C2=O)c1. The van der Waals surface area contributed by atoms with Crippen LogP contribution in [0.5, 0.6) is 0 Å². The van der Waals surface area contributed by atoms with Crippen LogP contribution in [0.4, 0.5) is 5.69 Å². The summed E-state index contributed by atoms with van der Waals surface area (Å²) in [6.45, 7) is 2.73. The van der Waals surface area contributed by atoms with Gasteiger partial charge in [0.25, 0.3) is 11.8 Å². The molecule has 32 heavy (non-hydrogen) atoms. The van der Waals surface area contributed by atoms with Gasteiger partial charge < -0.3 is 15.8 Å². The van der Waals surface area contributed by atoms with Gasteiger partial charge in [-0.3, -0.25) is 19.3 Å². The largest absolute Gasteiger partial charge is 0.385 e. The van der Waals surface area contributed by atoms with E-state index in [4.69, 9.17) is 10.5 Å². The lowest BCUT2D eigenvalue weighted by Gasteiger charge is -2.13. The van der Waals surface area contributed by atoms with Gasteiger partial charge in [0, 0.05) is 37.6 Å². The maximum Gasteiger partial charge on any atom is 0.261 e. The first-order valence-electron chi connectivity index (χ1n) is 11.2. The second kappa shape index (κ2) is 12.0. The van der Waals surface area contributed by atoms with Crippen molar-refractivity contribution in [3.05, 3.63) is 65.2 Å². The monoisotopic (exact) mass is 437 g/mol. The number of nitrogens with one attached hydrogen (secondary N) is 1. The van der Waals surface area contributed by atoms with Crippen molar-refractivity contribution < 1.29 is 19.1 Å². The van der Waals surface area contributed by atoms with Crippen LogP contribution >= 0.6 is 0 Å². The van der Waals surface area contributed by atoms with Crippen LogP contribution < -0.4 is 11.1 Å². The fourth-order valence-electron chi connectivity index (χ4n) is 3.72. The molecule has 7 heteroatoms. The van der Waals surface area contributed by atoms with Gasteiger partial charge in [0.15, 0.2) is 0 Å². The number of imide groups is 1. The van der Waals surface area contributed by atoms with E-state index < -0.39 is 5.91 Å². The Morgan fingerprint density at radius 3 is 2.19 bits per heavy atom. The summed E-state index contributed by atoms with van der Waals surface area (Å²) in [7, 11) is 0. The van der Waals surface area contributed by atoms with Gasteiger partial charge in [0.1, 0.15) is 0 Å². The van der Waals surface area contributed by atoms with E-state index in [1.54, 1.807) is 36.4 Å². The Morgan fingerprint density at radius 1 is 0.844 bits per heavy atom. The molecule has 3 N–H and O–H groups in total. The highest BCUT2D eigenvalue weighted by Gasteiger charge is 2.34. The van der Waals surface area contributed by atoms with Crippen molar-refractivity contribution in [3.8, 4) is 0 Å². The molecular weight excluding hydrogens is 406 g/mol. The van der Waals surface area contributed by atoms with Gasteiger partial charge in [-0.05, 0) is 56.0 Å². The second-order valence-electron chi connectivity index (χ2n) is 7.91. The second-order valence-corrected chi connectivity index (χ2v) is 7.91. The molecule has 0 unspecified atom stereocenters. The number of unbranched alkanes of at least 4 members (excludes halogenated alkanes) is 4. The molecule has 3 amide bonds. The van der Waals surface area contributed by atoms with Gasteiger partial charge in [0.2, 0.25) is 5.91 Å². The van der Waals surface area contributed by atoms with Crippen LogP contribution in [0.25, 0.3) is 0 Å². The number of hydrogen-bond acceptors (Lipinski definition) is 5. The Bertz CT molecular complexity index is 909. The van der Waals surface area contributed by atoms with Crippen molar-refractivity contribution in [1.82, 2.24) is 4.90 Å². The van der Waals surface area contributed by atoms with Gasteiger partial charge in [-0.25, -0.2) is 0 Å². The smallest absolute Gasteiger partial charge is 0.261 e. The van der Waals surface area contributed by atoms with Crippen molar-refractivity contribution in [2.24, 2.45) is 5.73 Å². The number of ether oxygens (including phenoxy) is 1. The first kappa shape index (κ1) is 23.5. The standard InChI is InChI=1S/C25H31N3O4/c26-23(29)19-10-9-11-20(18-19)27-14-5-8-17-32-16-7-2-1-6-15-28-24(30)21-12-3-4-13-22(21)25(28)31/h3-4,9-13,18,27H,1-2,5-8,14-17H2,(H2,26,29). The predicted molar refractivity (Wildman–Crippen MR) is 124 cm³/mol. The average molecular weight is 438 g/mol. The highest BCUT2D eigenvalue weighted by atomic mass is 16.5. The van der Waals surface area contributed by atoms with Crippen molar-refractivity contribution in [3.63, 3.8) is 0 Å². The van der Waals surface area contributed by atoms with E-state index >= 15 is 0 Å². The Labute approximate surface area is 188 Å². The maximum absolute atomic E-state index is 12.3. The maximum atomic E-state index is 12.3. The van der Waals surface area contributed by atoms with E-state index in [2.05, 4.69) is 5.32 Å². The van der Waals surface area contributed by atoms with Gasteiger partial charge in [0.05, 0.1) is 11.1 Å². The molecule has 170 valence electrons. The summed E-state index contributed by atoms with van der Waals surface area (Å²) in [6.07, 6.45) is 5.70. The molecule has 1 aliphatic rings. The summed E-state index contributed by atoms with van der Waals surface area (Å²) < 4.78 is 5.69. The number of hydrogen-bond donors (Lipinski definition) is 2. The summed E-state index contributed by atoms with van der Waals surface area (Å²) in [4.78, 5) is 37.2. The summed E-state index contributed by atoms with van der Waals surface area (Å²) in [5, 5.41) is 3.29. The number of primary amides is 1. The van der Waals surface area contributed by atoms with Crippen LogP contribution in [0.1, 0.15) is 69.6 Å². The normalized spacial score (nSPS) is 12.8. The fraction of sp³-hybridized carbons (Fsp3) is 0.400. The zero-order valence-corrected chi connectivity index (χ0v) is 18.3. The van der Waals surface area contributed by atoms with Crippen LogP contribution in [0.2, 0.25) is 0 Å².